The first-order chi connectivity index (χ1) is 9.70. The highest BCUT2D eigenvalue weighted by Crippen LogP contribution is 2.21. The lowest BCUT2D eigenvalue weighted by Gasteiger charge is -2.06. The van der Waals surface area contributed by atoms with Crippen LogP contribution in [0.25, 0.3) is 5.95 Å². The molecule has 20 heavy (non-hydrogen) atoms. The van der Waals surface area contributed by atoms with E-state index in [2.05, 4.69) is 25.3 Å². The molecule has 0 radical (unpaired) electrons. The van der Waals surface area contributed by atoms with Gasteiger partial charge in [0, 0.05) is 17.3 Å². The fraction of sp³-hybridized carbons (Fsp3) is 0.0909. The predicted octanol–water partition coefficient (Wildman–Crippen LogP) is 1.97. The SMILES string of the molecule is Nc1nc(NCc2ccc(Cl)s2)nc(-n2ccnc2)n1. The van der Waals surface area contributed by atoms with Crippen molar-refractivity contribution in [3.8, 4) is 5.95 Å². The minimum atomic E-state index is 0.149. The molecule has 0 aromatic carbocycles. The molecule has 3 heterocycles. The first-order valence-electron chi connectivity index (χ1n) is 5.69. The van der Waals surface area contributed by atoms with Gasteiger partial charge in [-0.25, -0.2) is 4.98 Å². The van der Waals surface area contributed by atoms with E-state index in [4.69, 9.17) is 17.3 Å². The third-order valence-electron chi connectivity index (χ3n) is 2.43. The summed E-state index contributed by atoms with van der Waals surface area (Å²) < 4.78 is 2.40. The van der Waals surface area contributed by atoms with E-state index in [1.54, 1.807) is 23.3 Å². The smallest absolute Gasteiger partial charge is 0.241 e. The molecule has 0 spiro atoms. The Kier molecular flexibility index (Phi) is 3.48. The van der Waals surface area contributed by atoms with Crippen LogP contribution in [-0.2, 0) is 6.54 Å². The Balaban J connectivity index is 1.79. The largest absolute Gasteiger partial charge is 0.368 e. The summed E-state index contributed by atoms with van der Waals surface area (Å²) in [5.41, 5.74) is 5.68. The second kappa shape index (κ2) is 5.43. The third-order valence-corrected chi connectivity index (χ3v) is 3.66. The lowest BCUT2D eigenvalue weighted by molar-refractivity contribution is 0.897. The van der Waals surface area contributed by atoms with Gasteiger partial charge < -0.3 is 11.1 Å². The topological polar surface area (TPSA) is 94.5 Å². The monoisotopic (exact) mass is 307 g/mol. The molecule has 0 fully saturated rings. The van der Waals surface area contributed by atoms with Gasteiger partial charge in [-0.2, -0.15) is 15.0 Å². The maximum absolute atomic E-state index is 5.88. The molecular weight excluding hydrogens is 298 g/mol. The first kappa shape index (κ1) is 12.8. The molecule has 3 aromatic rings. The lowest BCUT2D eigenvalue weighted by atomic mass is 10.5. The van der Waals surface area contributed by atoms with Gasteiger partial charge in [0.05, 0.1) is 10.9 Å². The van der Waals surface area contributed by atoms with Crippen LogP contribution in [0.15, 0.2) is 30.9 Å². The molecular formula is C11H10ClN7S. The number of imidazole rings is 1. The summed E-state index contributed by atoms with van der Waals surface area (Å²) in [5, 5.41) is 3.09. The standard InChI is InChI=1S/C11H10ClN7S/c12-8-2-1-7(20-8)5-15-10-16-9(13)17-11(18-10)19-4-3-14-6-19/h1-4,6H,5H2,(H3,13,15,16,17,18). The summed E-state index contributed by atoms with van der Waals surface area (Å²) in [6, 6.07) is 3.79. The Morgan fingerprint density at radius 2 is 2.20 bits per heavy atom. The van der Waals surface area contributed by atoms with Crippen molar-refractivity contribution in [2.24, 2.45) is 0 Å². The molecule has 9 heteroatoms. The molecule has 102 valence electrons. The van der Waals surface area contributed by atoms with Crippen LogP contribution in [0, 0.1) is 0 Å². The Labute approximate surface area is 123 Å². The average Bonchev–Trinajstić information content (AvgIpc) is 3.07. The van der Waals surface area contributed by atoms with Crippen molar-refractivity contribution in [3.05, 3.63) is 40.1 Å². The number of nitrogen functional groups attached to an aromatic ring is 1. The highest BCUT2D eigenvalue weighted by atomic mass is 35.5. The second-order valence-electron chi connectivity index (χ2n) is 3.85. The minimum absolute atomic E-state index is 0.149. The van der Waals surface area contributed by atoms with Gasteiger partial charge in [0.15, 0.2) is 0 Å². The molecule has 0 atom stereocenters. The molecule has 3 rings (SSSR count). The summed E-state index contributed by atoms with van der Waals surface area (Å²) in [4.78, 5) is 17.4. The third kappa shape index (κ3) is 2.86. The zero-order valence-corrected chi connectivity index (χ0v) is 11.8. The van der Waals surface area contributed by atoms with E-state index in [0.717, 1.165) is 9.21 Å². The zero-order valence-electron chi connectivity index (χ0n) is 10.2. The van der Waals surface area contributed by atoms with E-state index in [1.807, 2.05) is 12.1 Å². The lowest BCUT2D eigenvalue weighted by Crippen LogP contribution is -2.10. The summed E-state index contributed by atoms with van der Waals surface area (Å²) in [5.74, 6) is 0.975. The van der Waals surface area contributed by atoms with E-state index in [-0.39, 0.29) is 5.95 Å². The number of thiophene rings is 1. The van der Waals surface area contributed by atoms with Crippen molar-refractivity contribution < 1.29 is 0 Å². The van der Waals surface area contributed by atoms with Crippen LogP contribution in [0.5, 0.6) is 0 Å². The fourth-order valence-corrected chi connectivity index (χ4v) is 2.59. The number of rotatable bonds is 4. The Hall–Kier alpha value is -2.19. The van der Waals surface area contributed by atoms with Gasteiger partial charge in [0.1, 0.15) is 6.33 Å². The van der Waals surface area contributed by atoms with Gasteiger partial charge in [-0.1, -0.05) is 11.6 Å². The van der Waals surface area contributed by atoms with Crippen LogP contribution in [0.3, 0.4) is 0 Å². The fourth-order valence-electron chi connectivity index (χ4n) is 1.57. The molecule has 0 aliphatic rings. The Morgan fingerprint density at radius 1 is 1.30 bits per heavy atom. The second-order valence-corrected chi connectivity index (χ2v) is 5.65. The molecule has 3 N–H and O–H groups in total. The quantitative estimate of drug-likeness (QED) is 0.765. The highest BCUT2D eigenvalue weighted by molar-refractivity contribution is 7.16. The van der Waals surface area contributed by atoms with Crippen LogP contribution in [0.2, 0.25) is 4.34 Å². The molecule has 0 unspecified atom stereocenters. The number of hydrogen-bond acceptors (Lipinski definition) is 7. The summed E-state index contributed by atoms with van der Waals surface area (Å²) in [7, 11) is 0. The highest BCUT2D eigenvalue weighted by Gasteiger charge is 2.06. The van der Waals surface area contributed by atoms with E-state index in [9.17, 15) is 0 Å². The zero-order chi connectivity index (χ0) is 13.9. The summed E-state index contributed by atoms with van der Waals surface area (Å²) in [6.07, 6.45) is 4.97. The molecule has 0 bridgehead atoms. The summed E-state index contributed by atoms with van der Waals surface area (Å²) >= 11 is 7.38. The van der Waals surface area contributed by atoms with Crippen LogP contribution >= 0.6 is 22.9 Å². The molecule has 0 aliphatic heterocycles. The van der Waals surface area contributed by atoms with Crippen molar-refractivity contribution in [2.45, 2.75) is 6.54 Å². The number of nitrogens with two attached hydrogens (primary N) is 1. The van der Waals surface area contributed by atoms with Crippen molar-refractivity contribution >= 4 is 34.8 Å². The van der Waals surface area contributed by atoms with Crippen molar-refractivity contribution in [3.63, 3.8) is 0 Å². The van der Waals surface area contributed by atoms with Gasteiger partial charge in [0.2, 0.25) is 17.8 Å². The van der Waals surface area contributed by atoms with E-state index < -0.39 is 0 Å². The normalized spacial score (nSPS) is 10.7. The maximum Gasteiger partial charge on any atom is 0.241 e. The molecule has 0 aliphatic carbocycles. The number of halogens is 1. The Bertz CT molecular complexity index is 709. The van der Waals surface area contributed by atoms with Crippen LogP contribution < -0.4 is 11.1 Å². The van der Waals surface area contributed by atoms with Gasteiger partial charge in [-0.15, -0.1) is 11.3 Å². The first-order valence-corrected chi connectivity index (χ1v) is 6.88. The molecule has 0 amide bonds. The van der Waals surface area contributed by atoms with Crippen LogP contribution in [0.1, 0.15) is 4.88 Å². The number of hydrogen-bond donors (Lipinski definition) is 2. The van der Waals surface area contributed by atoms with Crippen LogP contribution in [0.4, 0.5) is 11.9 Å². The molecule has 0 saturated carbocycles. The minimum Gasteiger partial charge on any atom is -0.368 e. The average molecular weight is 308 g/mol. The molecule has 0 saturated heterocycles. The number of nitrogens with zero attached hydrogens (tertiary/aromatic N) is 5. The van der Waals surface area contributed by atoms with Gasteiger partial charge in [-0.05, 0) is 12.1 Å². The van der Waals surface area contributed by atoms with E-state index in [1.165, 1.54) is 11.3 Å². The van der Waals surface area contributed by atoms with Crippen molar-refractivity contribution in [2.75, 3.05) is 11.1 Å². The van der Waals surface area contributed by atoms with Crippen molar-refractivity contribution in [1.29, 1.82) is 0 Å². The predicted molar refractivity (Wildman–Crippen MR) is 78.0 cm³/mol. The van der Waals surface area contributed by atoms with Gasteiger partial charge in [0.25, 0.3) is 0 Å². The number of anilines is 2. The van der Waals surface area contributed by atoms with Crippen molar-refractivity contribution in [1.82, 2.24) is 24.5 Å². The van der Waals surface area contributed by atoms with E-state index in [0.29, 0.717) is 18.4 Å². The Morgan fingerprint density at radius 3 is 2.90 bits per heavy atom. The number of nitrogens with one attached hydrogen (secondary N) is 1. The molecule has 7 nitrogen and oxygen atoms in total. The van der Waals surface area contributed by atoms with Crippen LogP contribution in [-0.4, -0.2) is 24.5 Å². The van der Waals surface area contributed by atoms with E-state index >= 15 is 0 Å². The van der Waals surface area contributed by atoms with Gasteiger partial charge >= 0.3 is 0 Å². The van der Waals surface area contributed by atoms with Gasteiger partial charge in [-0.3, -0.25) is 4.57 Å². The molecule has 3 aromatic heterocycles. The maximum atomic E-state index is 5.88. The summed E-state index contributed by atoms with van der Waals surface area (Å²) in [6.45, 7) is 0.574. The number of aromatic nitrogens is 5.